The van der Waals surface area contributed by atoms with Gasteiger partial charge in [-0.15, -0.1) is 0 Å². The number of ether oxygens (including phenoxy) is 1. The number of fused-ring (bicyclic) bond motifs is 2. The van der Waals surface area contributed by atoms with Crippen LogP contribution in [0.25, 0.3) is 27.5 Å². The topological polar surface area (TPSA) is 88.5 Å². The van der Waals surface area contributed by atoms with Crippen LogP contribution >= 0.6 is 0 Å². The predicted octanol–water partition coefficient (Wildman–Crippen LogP) is 4.34. The number of carbonyl (C=O) groups is 1. The SMILES string of the molecule is COc1ccc(C(C)NC(=O)c2cc3c(=O)[nH]c(-c4ccc5ccccc5c4)cn3n2)cc1. The summed E-state index contributed by atoms with van der Waals surface area (Å²) in [5, 5.41) is 9.48. The molecule has 7 nitrogen and oxygen atoms in total. The number of nitrogens with zero attached hydrogens (tertiary/aromatic N) is 2. The molecule has 164 valence electrons. The molecule has 0 saturated heterocycles. The number of aromatic amines is 1. The van der Waals surface area contributed by atoms with Gasteiger partial charge in [0.15, 0.2) is 5.69 Å². The molecule has 1 amide bonds. The number of benzene rings is 3. The second-order valence-electron chi connectivity index (χ2n) is 7.89. The fourth-order valence-corrected chi connectivity index (χ4v) is 3.86. The van der Waals surface area contributed by atoms with Crippen LogP contribution in [-0.2, 0) is 0 Å². The molecular formula is C26H22N4O3. The summed E-state index contributed by atoms with van der Waals surface area (Å²) in [6.45, 7) is 1.89. The van der Waals surface area contributed by atoms with Crippen LogP contribution in [0.3, 0.4) is 0 Å². The second kappa shape index (κ2) is 8.27. The van der Waals surface area contributed by atoms with Gasteiger partial charge in [-0.2, -0.15) is 5.10 Å². The molecule has 0 aliphatic rings. The van der Waals surface area contributed by atoms with E-state index in [1.807, 2.05) is 73.7 Å². The highest BCUT2D eigenvalue weighted by Crippen LogP contribution is 2.23. The van der Waals surface area contributed by atoms with Crippen LogP contribution in [0.1, 0.15) is 29.0 Å². The zero-order valence-electron chi connectivity index (χ0n) is 18.2. The number of carbonyl (C=O) groups excluding carboxylic acids is 1. The highest BCUT2D eigenvalue weighted by atomic mass is 16.5. The summed E-state index contributed by atoms with van der Waals surface area (Å²) in [6.07, 6.45) is 1.73. The fraction of sp³-hybridized carbons (Fsp3) is 0.115. The third kappa shape index (κ3) is 3.96. The standard InChI is InChI=1S/C26H22N4O3/c1-16(17-9-11-21(33-2)12-10-17)27-25(31)22-14-24-26(32)28-23(15-30(24)29-22)20-8-7-18-5-3-4-6-19(18)13-20/h3-16H,1-2H3,(H,27,31)(H,28,32). The van der Waals surface area contributed by atoms with E-state index < -0.39 is 0 Å². The number of hydrogen-bond donors (Lipinski definition) is 2. The normalized spacial score (nSPS) is 12.1. The zero-order valence-corrected chi connectivity index (χ0v) is 18.2. The molecule has 2 heterocycles. The third-order valence-electron chi connectivity index (χ3n) is 5.72. The summed E-state index contributed by atoms with van der Waals surface area (Å²) < 4.78 is 6.63. The Morgan fingerprint density at radius 1 is 1.03 bits per heavy atom. The van der Waals surface area contributed by atoms with Gasteiger partial charge >= 0.3 is 0 Å². The molecule has 1 unspecified atom stereocenters. The van der Waals surface area contributed by atoms with Crippen LogP contribution in [0, 0.1) is 0 Å². The van der Waals surface area contributed by atoms with Crippen LogP contribution in [-0.4, -0.2) is 27.6 Å². The lowest BCUT2D eigenvalue weighted by molar-refractivity contribution is 0.0934. The van der Waals surface area contributed by atoms with Crippen LogP contribution in [0.15, 0.2) is 83.8 Å². The maximum atomic E-state index is 12.8. The average Bonchev–Trinajstić information content (AvgIpc) is 3.29. The monoisotopic (exact) mass is 438 g/mol. The van der Waals surface area contributed by atoms with E-state index in [0.29, 0.717) is 11.2 Å². The Morgan fingerprint density at radius 3 is 2.55 bits per heavy atom. The second-order valence-corrected chi connectivity index (χ2v) is 7.89. The van der Waals surface area contributed by atoms with Crippen LogP contribution < -0.4 is 15.6 Å². The Hall–Kier alpha value is -4.39. The van der Waals surface area contributed by atoms with Crippen molar-refractivity contribution < 1.29 is 9.53 Å². The van der Waals surface area contributed by atoms with Gasteiger partial charge in [0.05, 0.1) is 25.0 Å². The molecule has 33 heavy (non-hydrogen) atoms. The van der Waals surface area contributed by atoms with Crippen molar-refractivity contribution in [3.63, 3.8) is 0 Å². The van der Waals surface area contributed by atoms with Crippen molar-refractivity contribution in [2.24, 2.45) is 0 Å². The average molecular weight is 438 g/mol. The Bertz CT molecular complexity index is 1530. The summed E-state index contributed by atoms with van der Waals surface area (Å²) in [7, 11) is 1.61. The van der Waals surface area contributed by atoms with Gasteiger partial charge in [-0.05, 0) is 41.5 Å². The molecule has 1 atom stereocenters. The van der Waals surface area contributed by atoms with Crippen LogP contribution in [0.2, 0.25) is 0 Å². The van der Waals surface area contributed by atoms with Crippen molar-refractivity contribution in [1.29, 1.82) is 0 Å². The number of aromatic nitrogens is 3. The Kier molecular flexibility index (Phi) is 5.14. The number of H-pyrrole nitrogens is 1. The molecule has 0 spiro atoms. The molecule has 0 saturated carbocycles. The van der Waals surface area contributed by atoms with E-state index >= 15 is 0 Å². The molecule has 7 heteroatoms. The van der Waals surface area contributed by atoms with Crippen molar-refractivity contribution in [2.75, 3.05) is 7.11 Å². The summed E-state index contributed by atoms with van der Waals surface area (Å²) in [6, 6.07) is 22.7. The van der Waals surface area contributed by atoms with Gasteiger partial charge in [-0.3, -0.25) is 9.59 Å². The van der Waals surface area contributed by atoms with Crippen molar-refractivity contribution in [3.8, 4) is 17.0 Å². The van der Waals surface area contributed by atoms with E-state index in [2.05, 4.69) is 15.4 Å². The van der Waals surface area contributed by atoms with Crippen molar-refractivity contribution in [3.05, 3.63) is 101 Å². The van der Waals surface area contributed by atoms with Gasteiger partial charge in [0.2, 0.25) is 0 Å². The molecular weight excluding hydrogens is 416 g/mol. The predicted molar refractivity (Wildman–Crippen MR) is 128 cm³/mol. The minimum Gasteiger partial charge on any atom is -0.497 e. The lowest BCUT2D eigenvalue weighted by Crippen LogP contribution is -2.27. The molecule has 5 rings (SSSR count). The molecule has 0 bridgehead atoms. The van der Waals surface area contributed by atoms with E-state index in [9.17, 15) is 9.59 Å². The van der Waals surface area contributed by atoms with Gasteiger partial charge in [-0.1, -0.05) is 48.5 Å². The lowest BCUT2D eigenvalue weighted by atomic mass is 10.1. The fourth-order valence-electron chi connectivity index (χ4n) is 3.86. The molecule has 0 fully saturated rings. The Morgan fingerprint density at radius 2 is 1.79 bits per heavy atom. The van der Waals surface area contributed by atoms with Crippen molar-refractivity contribution in [1.82, 2.24) is 19.9 Å². The van der Waals surface area contributed by atoms with E-state index in [0.717, 1.165) is 27.6 Å². The molecule has 0 radical (unpaired) electrons. The number of methoxy groups -OCH3 is 1. The van der Waals surface area contributed by atoms with Gasteiger partial charge < -0.3 is 15.0 Å². The summed E-state index contributed by atoms with van der Waals surface area (Å²) >= 11 is 0. The first-order chi connectivity index (χ1) is 16.0. The van der Waals surface area contributed by atoms with Gasteiger partial charge in [0.25, 0.3) is 11.5 Å². The maximum Gasteiger partial charge on any atom is 0.274 e. The third-order valence-corrected chi connectivity index (χ3v) is 5.72. The molecule has 0 aliphatic carbocycles. The smallest absolute Gasteiger partial charge is 0.274 e. The summed E-state index contributed by atoms with van der Waals surface area (Å²) in [5.41, 5.74) is 2.60. The van der Waals surface area contributed by atoms with E-state index in [1.165, 1.54) is 10.6 Å². The van der Waals surface area contributed by atoms with E-state index in [-0.39, 0.29) is 23.2 Å². The number of amides is 1. The maximum absolute atomic E-state index is 12.8. The van der Waals surface area contributed by atoms with Crippen LogP contribution in [0.4, 0.5) is 0 Å². The molecule has 0 aliphatic heterocycles. The highest BCUT2D eigenvalue weighted by molar-refractivity contribution is 5.94. The molecule has 2 N–H and O–H groups in total. The van der Waals surface area contributed by atoms with Crippen molar-refractivity contribution >= 4 is 22.2 Å². The highest BCUT2D eigenvalue weighted by Gasteiger charge is 2.17. The van der Waals surface area contributed by atoms with Crippen molar-refractivity contribution in [2.45, 2.75) is 13.0 Å². The number of rotatable bonds is 5. The van der Waals surface area contributed by atoms with Gasteiger partial charge in [-0.25, -0.2) is 4.52 Å². The first kappa shape index (κ1) is 20.5. The number of nitrogens with one attached hydrogen (secondary N) is 2. The minimum atomic E-state index is -0.353. The van der Waals surface area contributed by atoms with Crippen LogP contribution in [0.5, 0.6) is 5.75 Å². The van der Waals surface area contributed by atoms with E-state index in [4.69, 9.17) is 4.74 Å². The molecule has 3 aromatic carbocycles. The molecule has 2 aromatic heterocycles. The first-order valence-corrected chi connectivity index (χ1v) is 10.6. The Labute approximate surface area is 189 Å². The Balaban J connectivity index is 1.43. The van der Waals surface area contributed by atoms with Gasteiger partial charge in [0.1, 0.15) is 11.3 Å². The lowest BCUT2D eigenvalue weighted by Gasteiger charge is -2.13. The van der Waals surface area contributed by atoms with Gasteiger partial charge in [0, 0.05) is 11.6 Å². The largest absolute Gasteiger partial charge is 0.497 e. The minimum absolute atomic E-state index is 0.177. The molecule has 5 aromatic rings. The summed E-state index contributed by atoms with van der Waals surface area (Å²) in [5.74, 6) is 0.396. The quantitative estimate of drug-likeness (QED) is 0.427. The van der Waals surface area contributed by atoms with E-state index in [1.54, 1.807) is 13.3 Å². The number of hydrogen-bond acceptors (Lipinski definition) is 4. The summed E-state index contributed by atoms with van der Waals surface area (Å²) in [4.78, 5) is 28.4. The zero-order chi connectivity index (χ0) is 22.9. The first-order valence-electron chi connectivity index (χ1n) is 10.6.